The van der Waals surface area contributed by atoms with Crippen LogP contribution in [0, 0.1) is 0 Å². The van der Waals surface area contributed by atoms with Gasteiger partial charge in [-0.05, 0) is 18.2 Å². The van der Waals surface area contributed by atoms with Crippen LogP contribution >= 0.6 is 23.2 Å². The molecule has 23 heavy (non-hydrogen) atoms. The second-order valence-electron chi connectivity index (χ2n) is 4.18. The summed E-state index contributed by atoms with van der Waals surface area (Å²) >= 11 is 11.5. The number of sulfonamides is 2. The lowest BCUT2D eigenvalue weighted by Gasteiger charge is -2.21. The van der Waals surface area contributed by atoms with E-state index >= 15 is 0 Å². The van der Waals surface area contributed by atoms with Crippen molar-refractivity contribution < 1.29 is 26.6 Å². The molecular formula is C12H10Cl2N2O5S2. The highest BCUT2D eigenvalue weighted by Crippen LogP contribution is 2.33. The van der Waals surface area contributed by atoms with Crippen LogP contribution in [0.3, 0.4) is 0 Å². The fourth-order valence-electron chi connectivity index (χ4n) is 1.66. The van der Waals surface area contributed by atoms with Gasteiger partial charge in [0, 0.05) is 11.1 Å². The number of H-pyrrole nitrogens is 1. The Morgan fingerprint density at radius 2 is 1.70 bits per heavy atom. The number of ether oxygens (including phenoxy) is 1. The number of hydrogen-bond donors (Lipinski definition) is 0. The highest BCUT2D eigenvalue weighted by atomic mass is 35.5. The topological polar surface area (TPSA) is 106 Å². The summed E-state index contributed by atoms with van der Waals surface area (Å²) in [7, 11) is -7.91. The van der Waals surface area contributed by atoms with Gasteiger partial charge in [-0.1, -0.05) is 23.2 Å². The summed E-state index contributed by atoms with van der Waals surface area (Å²) in [6.07, 6.45) is 2.48. The monoisotopic (exact) mass is 396 g/mol. The van der Waals surface area contributed by atoms with E-state index in [-0.39, 0.29) is 15.8 Å². The van der Waals surface area contributed by atoms with Gasteiger partial charge in [0.2, 0.25) is 0 Å². The molecule has 0 fully saturated rings. The van der Waals surface area contributed by atoms with Crippen LogP contribution in [0.4, 0.5) is 0 Å². The standard InChI is InChI=1S/C12H9Cl2N2O5S2/c1-21-10-4-5-15-7-12(10)23(19,20)16-22(17,18)11-6-8(13)2-3-9(11)14/h2-7H,1H3/q-1/p+1. The molecule has 1 aromatic heterocycles. The number of rotatable bonds is 5. The molecule has 11 heteroatoms. The van der Waals surface area contributed by atoms with E-state index in [0.717, 1.165) is 12.3 Å². The number of aromatic amines is 1. The molecule has 0 saturated carbocycles. The van der Waals surface area contributed by atoms with Gasteiger partial charge in [-0.25, -0.2) is 21.8 Å². The molecule has 0 spiro atoms. The van der Waals surface area contributed by atoms with E-state index in [2.05, 4.69) is 9.11 Å². The zero-order valence-electron chi connectivity index (χ0n) is 11.5. The Morgan fingerprint density at radius 1 is 1.04 bits per heavy atom. The number of benzene rings is 1. The minimum atomic E-state index is -4.59. The molecule has 0 amide bonds. The molecule has 0 bridgehead atoms. The quantitative estimate of drug-likeness (QED) is 0.770. The predicted octanol–water partition coefficient (Wildman–Crippen LogP) is 2.27. The minimum absolute atomic E-state index is 0.0557. The van der Waals surface area contributed by atoms with Crippen molar-refractivity contribution in [2.24, 2.45) is 0 Å². The molecule has 0 unspecified atom stereocenters. The number of hydrogen-bond acceptors (Lipinski definition) is 5. The maximum atomic E-state index is 12.3. The van der Waals surface area contributed by atoms with Crippen LogP contribution < -0.4 is 9.72 Å². The number of methoxy groups -OCH3 is 1. The molecular weight excluding hydrogens is 387 g/mol. The van der Waals surface area contributed by atoms with Crippen molar-refractivity contribution in [1.82, 2.24) is 0 Å². The lowest BCUT2D eigenvalue weighted by molar-refractivity contribution is -0.381. The fraction of sp³-hybridized carbons (Fsp3) is 0.0833. The lowest BCUT2D eigenvalue weighted by atomic mass is 10.4. The van der Waals surface area contributed by atoms with Gasteiger partial charge in [-0.3, -0.25) is 0 Å². The summed E-state index contributed by atoms with van der Waals surface area (Å²) in [5.74, 6) is -0.0557. The molecule has 0 radical (unpaired) electrons. The molecule has 1 heterocycles. The van der Waals surface area contributed by atoms with Crippen molar-refractivity contribution >= 4 is 43.2 Å². The summed E-state index contributed by atoms with van der Waals surface area (Å²) in [6, 6.07) is 4.94. The normalized spacial score (nSPS) is 12.1. The van der Waals surface area contributed by atoms with E-state index in [1.165, 1.54) is 31.5 Å². The molecule has 0 saturated heterocycles. The molecule has 0 aliphatic heterocycles. The summed E-state index contributed by atoms with van der Waals surface area (Å²) in [6.45, 7) is 0. The summed E-state index contributed by atoms with van der Waals surface area (Å²) in [5.41, 5.74) is 0. The van der Waals surface area contributed by atoms with Crippen LogP contribution in [0.25, 0.3) is 4.13 Å². The first-order valence-electron chi connectivity index (χ1n) is 5.91. The second kappa shape index (κ2) is 6.62. The molecule has 1 N–H and O–H groups in total. The zero-order chi connectivity index (χ0) is 17.3. The minimum Gasteiger partial charge on any atom is -0.495 e. The molecule has 7 nitrogen and oxygen atoms in total. The molecule has 2 aromatic rings. The Hall–Kier alpha value is -1.39. The third-order valence-corrected chi connectivity index (χ3v) is 6.67. The smallest absolute Gasteiger partial charge is 0.188 e. The van der Waals surface area contributed by atoms with Crippen LogP contribution in [0.5, 0.6) is 5.75 Å². The van der Waals surface area contributed by atoms with Gasteiger partial charge in [0.05, 0.1) is 17.0 Å². The molecule has 2 rings (SSSR count). The summed E-state index contributed by atoms with van der Waals surface area (Å²) < 4.78 is 56.9. The number of pyridine rings is 1. The van der Waals surface area contributed by atoms with E-state index in [4.69, 9.17) is 27.9 Å². The van der Waals surface area contributed by atoms with Crippen LogP contribution in [-0.4, -0.2) is 23.9 Å². The van der Waals surface area contributed by atoms with E-state index in [1.807, 2.05) is 0 Å². The van der Waals surface area contributed by atoms with Crippen molar-refractivity contribution in [3.05, 3.63) is 50.8 Å². The highest BCUT2D eigenvalue weighted by Gasteiger charge is 2.21. The average Bonchev–Trinajstić information content (AvgIpc) is 2.48. The van der Waals surface area contributed by atoms with Crippen molar-refractivity contribution in [3.8, 4) is 5.75 Å². The Bertz CT molecular complexity index is 946. The first-order chi connectivity index (χ1) is 10.7. The maximum Gasteiger partial charge on any atom is 0.188 e. The second-order valence-corrected chi connectivity index (χ2v) is 8.40. The van der Waals surface area contributed by atoms with Gasteiger partial charge in [-0.2, -0.15) is 0 Å². The van der Waals surface area contributed by atoms with Crippen molar-refractivity contribution in [3.63, 3.8) is 0 Å². The molecule has 124 valence electrons. The third kappa shape index (κ3) is 3.93. The van der Waals surface area contributed by atoms with Gasteiger partial charge < -0.3 is 8.86 Å². The van der Waals surface area contributed by atoms with Gasteiger partial charge in [0.25, 0.3) is 0 Å². The SMILES string of the molecule is COc1cc[nH+]cc1S(=O)(=O)[N-]S(=O)(=O)c1cc(Cl)ccc1Cl. The number of halogens is 2. The van der Waals surface area contributed by atoms with Crippen molar-refractivity contribution in [2.45, 2.75) is 9.79 Å². The van der Waals surface area contributed by atoms with Crippen LogP contribution in [0.2, 0.25) is 10.0 Å². The largest absolute Gasteiger partial charge is 0.495 e. The number of nitrogens with zero attached hydrogens (tertiary/aromatic N) is 1. The number of aromatic nitrogens is 1. The molecule has 0 aliphatic carbocycles. The van der Waals surface area contributed by atoms with Gasteiger partial charge >= 0.3 is 0 Å². The summed E-state index contributed by atoms with van der Waals surface area (Å²) in [4.78, 5) is 1.59. The van der Waals surface area contributed by atoms with Crippen LogP contribution in [-0.2, 0) is 20.0 Å². The Balaban J connectivity index is 2.49. The van der Waals surface area contributed by atoms with Gasteiger partial charge in [-0.15, -0.1) is 0 Å². The Morgan fingerprint density at radius 3 is 2.35 bits per heavy atom. The van der Waals surface area contributed by atoms with Crippen LogP contribution in [0.1, 0.15) is 0 Å². The Labute approximate surface area is 143 Å². The predicted molar refractivity (Wildman–Crippen MR) is 83.7 cm³/mol. The highest BCUT2D eigenvalue weighted by molar-refractivity contribution is 8.12. The van der Waals surface area contributed by atoms with E-state index in [1.54, 1.807) is 0 Å². The lowest BCUT2D eigenvalue weighted by Crippen LogP contribution is -2.12. The molecule has 0 aliphatic rings. The van der Waals surface area contributed by atoms with Gasteiger partial charge in [0.15, 0.2) is 17.3 Å². The maximum absolute atomic E-state index is 12.3. The van der Waals surface area contributed by atoms with Gasteiger partial charge in [0.1, 0.15) is 25.8 Å². The van der Waals surface area contributed by atoms with E-state index < -0.39 is 29.8 Å². The van der Waals surface area contributed by atoms with E-state index in [9.17, 15) is 16.8 Å². The Kier molecular flexibility index (Phi) is 5.17. The van der Waals surface area contributed by atoms with Crippen molar-refractivity contribution in [1.29, 1.82) is 0 Å². The first-order valence-corrected chi connectivity index (χ1v) is 9.54. The van der Waals surface area contributed by atoms with E-state index in [0.29, 0.717) is 0 Å². The van der Waals surface area contributed by atoms with Crippen LogP contribution in [0.15, 0.2) is 46.5 Å². The molecule has 0 atom stereocenters. The first kappa shape index (κ1) is 18.0. The fourth-order valence-corrected chi connectivity index (χ4v) is 5.19. The third-order valence-electron chi connectivity index (χ3n) is 2.65. The molecule has 1 aromatic carbocycles. The van der Waals surface area contributed by atoms with Crippen molar-refractivity contribution in [2.75, 3.05) is 7.11 Å². The number of nitrogens with one attached hydrogen (secondary N) is 1. The summed E-state index contributed by atoms with van der Waals surface area (Å²) in [5, 5.41) is -0.119. The zero-order valence-corrected chi connectivity index (χ0v) is 14.7. The average molecular weight is 397 g/mol.